The number of nitrogens with zero attached hydrogens (tertiary/aromatic N) is 2. The Morgan fingerprint density at radius 2 is 1.89 bits per heavy atom. The number of amides is 1. The van der Waals surface area contributed by atoms with Gasteiger partial charge in [0.25, 0.3) is 5.69 Å². The number of hydrogen-bond acceptors (Lipinski definition) is 5. The van der Waals surface area contributed by atoms with Crippen LogP contribution in [0.3, 0.4) is 0 Å². The van der Waals surface area contributed by atoms with Gasteiger partial charge in [0.05, 0.1) is 17.0 Å². The van der Waals surface area contributed by atoms with Crippen molar-refractivity contribution in [3.8, 4) is 0 Å². The molecule has 1 fully saturated rings. The van der Waals surface area contributed by atoms with E-state index in [-0.39, 0.29) is 24.7 Å². The number of alkyl halides is 3. The smallest absolute Gasteiger partial charge is 0.375 e. The summed E-state index contributed by atoms with van der Waals surface area (Å²) in [4.78, 5) is 23.7. The number of carbonyl (C=O) groups excluding carboxylic acids is 1. The van der Waals surface area contributed by atoms with Crippen molar-refractivity contribution in [3.05, 3.63) is 63.7 Å². The van der Waals surface area contributed by atoms with Gasteiger partial charge in [-0.25, -0.2) is 0 Å². The number of rotatable bonds is 5. The number of benzene rings is 2. The zero-order valence-corrected chi connectivity index (χ0v) is 14.6. The van der Waals surface area contributed by atoms with Crippen molar-refractivity contribution in [2.24, 2.45) is 0 Å². The van der Waals surface area contributed by atoms with Crippen LogP contribution in [-0.4, -0.2) is 30.5 Å². The number of anilines is 2. The molecule has 0 saturated carbocycles. The first-order valence-electron chi connectivity index (χ1n) is 8.44. The molecule has 3 rings (SSSR count). The Bertz CT molecular complexity index is 885. The Balaban J connectivity index is 1.70. The van der Waals surface area contributed by atoms with Crippen molar-refractivity contribution in [3.63, 3.8) is 0 Å². The molecule has 0 spiro atoms. The molecule has 0 unspecified atom stereocenters. The van der Waals surface area contributed by atoms with Crippen LogP contribution >= 0.6 is 0 Å². The Kier molecular flexibility index (Phi) is 5.39. The van der Waals surface area contributed by atoms with E-state index in [4.69, 9.17) is 0 Å². The first kappa shape index (κ1) is 19.5. The molecule has 0 bridgehead atoms. The molecule has 0 aliphatic carbocycles. The fraction of sp³-hybridized carbons (Fsp3) is 0.278. The summed E-state index contributed by atoms with van der Waals surface area (Å²) < 4.78 is 38.3. The monoisotopic (exact) mass is 394 g/mol. The lowest BCUT2D eigenvalue weighted by Gasteiger charge is -2.28. The number of nitro groups is 1. The Hall–Kier alpha value is -3.30. The van der Waals surface area contributed by atoms with Crippen molar-refractivity contribution < 1.29 is 22.9 Å². The standard InChI is InChI=1S/C18H17F3N4O3/c19-18(20,21)13-3-6-15(16(9-13)25(27)28)23-10-12-1-4-14(5-2-12)24-8-7-22-17(26)11-24/h1-6,9,23H,7-8,10-11H2,(H,22,26). The first-order valence-corrected chi connectivity index (χ1v) is 8.44. The van der Waals surface area contributed by atoms with Crippen LogP contribution in [0.1, 0.15) is 11.1 Å². The maximum Gasteiger partial charge on any atom is 0.416 e. The normalized spacial score (nSPS) is 14.5. The van der Waals surface area contributed by atoms with Crippen molar-refractivity contribution in [2.75, 3.05) is 29.9 Å². The fourth-order valence-corrected chi connectivity index (χ4v) is 2.89. The molecule has 0 radical (unpaired) electrons. The molecule has 1 amide bonds. The highest BCUT2D eigenvalue weighted by atomic mass is 19.4. The molecule has 1 heterocycles. The van der Waals surface area contributed by atoms with Gasteiger partial charge in [0.1, 0.15) is 5.69 Å². The lowest BCUT2D eigenvalue weighted by molar-refractivity contribution is -0.384. The van der Waals surface area contributed by atoms with Gasteiger partial charge in [-0.2, -0.15) is 13.2 Å². The molecule has 2 N–H and O–H groups in total. The van der Waals surface area contributed by atoms with Gasteiger partial charge in [-0.15, -0.1) is 0 Å². The number of hydrogen-bond donors (Lipinski definition) is 2. The summed E-state index contributed by atoms with van der Waals surface area (Å²) in [5.41, 5.74) is -0.0289. The van der Waals surface area contributed by atoms with Crippen LogP contribution < -0.4 is 15.5 Å². The second-order valence-electron chi connectivity index (χ2n) is 6.28. The lowest BCUT2D eigenvalue weighted by Crippen LogP contribution is -2.47. The number of nitro benzene ring substituents is 1. The molecule has 7 nitrogen and oxygen atoms in total. The average molecular weight is 394 g/mol. The average Bonchev–Trinajstić information content (AvgIpc) is 2.66. The molecule has 10 heteroatoms. The molecule has 28 heavy (non-hydrogen) atoms. The highest BCUT2D eigenvalue weighted by molar-refractivity contribution is 5.82. The maximum absolute atomic E-state index is 12.8. The molecule has 148 valence electrons. The highest BCUT2D eigenvalue weighted by Crippen LogP contribution is 2.35. The predicted molar refractivity (Wildman–Crippen MR) is 97.1 cm³/mol. The number of halogens is 3. The van der Waals surface area contributed by atoms with E-state index in [1.807, 2.05) is 17.0 Å². The topological polar surface area (TPSA) is 87.5 Å². The van der Waals surface area contributed by atoms with E-state index in [2.05, 4.69) is 10.6 Å². The summed E-state index contributed by atoms with van der Waals surface area (Å²) in [6.45, 7) is 1.74. The molecule has 0 aromatic heterocycles. The minimum Gasteiger partial charge on any atom is -0.375 e. The van der Waals surface area contributed by atoms with Crippen molar-refractivity contribution >= 4 is 23.0 Å². The van der Waals surface area contributed by atoms with Gasteiger partial charge in [-0.1, -0.05) is 12.1 Å². The summed E-state index contributed by atoms with van der Waals surface area (Å²) in [6.07, 6.45) is -4.65. The third-order valence-electron chi connectivity index (χ3n) is 4.34. The second-order valence-corrected chi connectivity index (χ2v) is 6.28. The van der Waals surface area contributed by atoms with E-state index in [1.54, 1.807) is 12.1 Å². The van der Waals surface area contributed by atoms with Gasteiger partial charge in [0.2, 0.25) is 5.91 Å². The van der Waals surface area contributed by atoms with Crippen LogP contribution in [0.4, 0.5) is 30.2 Å². The zero-order valence-electron chi connectivity index (χ0n) is 14.6. The van der Waals surface area contributed by atoms with E-state index >= 15 is 0 Å². The zero-order chi connectivity index (χ0) is 20.3. The van der Waals surface area contributed by atoms with E-state index in [0.29, 0.717) is 19.2 Å². The Labute approximate surface area is 158 Å². The first-order chi connectivity index (χ1) is 13.2. The quantitative estimate of drug-likeness (QED) is 0.601. The van der Waals surface area contributed by atoms with Crippen LogP contribution in [0.2, 0.25) is 0 Å². The molecule has 2 aromatic carbocycles. The number of nitrogens with one attached hydrogen (secondary N) is 2. The minimum absolute atomic E-state index is 0.00905. The molecule has 1 aliphatic heterocycles. The molecule has 1 saturated heterocycles. The van der Waals surface area contributed by atoms with Crippen LogP contribution in [-0.2, 0) is 17.5 Å². The lowest BCUT2D eigenvalue weighted by atomic mass is 10.1. The molecular weight excluding hydrogens is 377 g/mol. The van der Waals surface area contributed by atoms with Gasteiger partial charge < -0.3 is 15.5 Å². The van der Waals surface area contributed by atoms with Crippen LogP contribution in [0.15, 0.2) is 42.5 Å². The third kappa shape index (κ3) is 4.51. The van der Waals surface area contributed by atoms with Crippen molar-refractivity contribution in [1.82, 2.24) is 5.32 Å². The summed E-state index contributed by atoms with van der Waals surface area (Å²) in [5, 5.41) is 16.7. The minimum atomic E-state index is -4.65. The summed E-state index contributed by atoms with van der Waals surface area (Å²) >= 11 is 0. The van der Waals surface area contributed by atoms with E-state index in [1.165, 1.54) is 0 Å². The van der Waals surface area contributed by atoms with Crippen molar-refractivity contribution in [1.29, 1.82) is 0 Å². The van der Waals surface area contributed by atoms with E-state index in [9.17, 15) is 28.1 Å². The second kappa shape index (κ2) is 7.75. The van der Waals surface area contributed by atoms with Crippen LogP contribution in [0, 0.1) is 10.1 Å². The molecule has 2 aromatic rings. The van der Waals surface area contributed by atoms with Gasteiger partial charge in [-0.3, -0.25) is 14.9 Å². The Morgan fingerprint density at radius 3 is 2.50 bits per heavy atom. The van der Waals surface area contributed by atoms with Gasteiger partial charge >= 0.3 is 6.18 Å². The SMILES string of the molecule is O=C1CN(c2ccc(CNc3ccc(C(F)(F)F)cc3[N+](=O)[O-])cc2)CCN1. The van der Waals surface area contributed by atoms with Gasteiger partial charge in [0, 0.05) is 31.4 Å². The Morgan fingerprint density at radius 1 is 1.18 bits per heavy atom. The molecular formula is C18H17F3N4O3. The summed E-state index contributed by atoms with van der Waals surface area (Å²) in [6, 6.07) is 9.64. The summed E-state index contributed by atoms with van der Waals surface area (Å²) in [7, 11) is 0. The summed E-state index contributed by atoms with van der Waals surface area (Å²) in [5.74, 6) is -0.0494. The third-order valence-corrected chi connectivity index (χ3v) is 4.34. The van der Waals surface area contributed by atoms with Gasteiger partial charge in [-0.05, 0) is 29.8 Å². The molecule has 1 aliphatic rings. The maximum atomic E-state index is 12.8. The van der Waals surface area contributed by atoms with Gasteiger partial charge in [0.15, 0.2) is 0 Å². The largest absolute Gasteiger partial charge is 0.416 e. The predicted octanol–water partition coefficient (Wildman–Crippen LogP) is 3.16. The van der Waals surface area contributed by atoms with Crippen LogP contribution in [0.5, 0.6) is 0 Å². The highest BCUT2D eigenvalue weighted by Gasteiger charge is 2.33. The number of piperazine rings is 1. The van der Waals surface area contributed by atoms with E-state index < -0.39 is 22.4 Å². The van der Waals surface area contributed by atoms with E-state index in [0.717, 1.165) is 23.4 Å². The molecule has 0 atom stereocenters. The van der Waals surface area contributed by atoms with Crippen molar-refractivity contribution in [2.45, 2.75) is 12.7 Å². The van der Waals surface area contributed by atoms with Crippen LogP contribution in [0.25, 0.3) is 0 Å². The number of carbonyl (C=O) groups is 1. The fourth-order valence-electron chi connectivity index (χ4n) is 2.89.